The number of hydrogen-bond donors (Lipinski definition) is 0. The van der Waals surface area contributed by atoms with E-state index in [1.165, 1.54) is 18.2 Å². The Morgan fingerprint density at radius 2 is 2.10 bits per heavy atom. The molecule has 0 N–H and O–H groups in total. The Labute approximate surface area is 129 Å². The van der Waals surface area contributed by atoms with E-state index in [0.717, 1.165) is 23.8 Å². The molecule has 5 heteroatoms. The molecule has 0 bridgehead atoms. The van der Waals surface area contributed by atoms with Gasteiger partial charge in [0.25, 0.3) is 0 Å². The molecule has 1 amide bonds. The molecule has 2 aromatic rings. The second-order valence-electron chi connectivity index (χ2n) is 6.07. The maximum Gasteiger partial charge on any atom is 0.233 e. The Hall–Kier alpha value is -1.49. The van der Waals surface area contributed by atoms with Gasteiger partial charge >= 0.3 is 0 Å². The van der Waals surface area contributed by atoms with E-state index in [2.05, 4.69) is 18.8 Å². The van der Waals surface area contributed by atoms with E-state index in [1.54, 1.807) is 0 Å². The number of thioether (sulfide) groups is 1. The number of carbonyl (C=O) groups excluding carboxylic acids is 1. The van der Waals surface area contributed by atoms with Gasteiger partial charge in [-0.15, -0.1) is 0 Å². The minimum Gasteiger partial charge on any atom is -0.341 e. The van der Waals surface area contributed by atoms with E-state index in [-0.39, 0.29) is 5.91 Å². The third-order valence-corrected chi connectivity index (χ3v) is 4.90. The minimum atomic E-state index is 0.228. The molecule has 0 radical (unpaired) electrons. The van der Waals surface area contributed by atoms with Crippen molar-refractivity contribution in [1.29, 1.82) is 0 Å². The number of nitrogens with zero attached hydrogens (tertiary/aromatic N) is 3. The van der Waals surface area contributed by atoms with Crippen LogP contribution in [0, 0.1) is 11.8 Å². The minimum absolute atomic E-state index is 0.228. The molecule has 0 saturated carbocycles. The molecule has 1 aliphatic rings. The van der Waals surface area contributed by atoms with Gasteiger partial charge in [-0.05, 0) is 30.4 Å². The van der Waals surface area contributed by atoms with Crippen LogP contribution in [0.25, 0.3) is 5.52 Å². The number of hydrogen-bond acceptors (Lipinski definition) is 3. The molecule has 0 unspecified atom stereocenters. The van der Waals surface area contributed by atoms with E-state index in [0.29, 0.717) is 17.6 Å². The van der Waals surface area contributed by atoms with Crippen LogP contribution in [0.5, 0.6) is 0 Å². The van der Waals surface area contributed by atoms with E-state index in [4.69, 9.17) is 0 Å². The fraction of sp³-hybridized carbons (Fsp3) is 0.500. The van der Waals surface area contributed by atoms with Crippen molar-refractivity contribution < 1.29 is 4.79 Å². The van der Waals surface area contributed by atoms with Crippen LogP contribution in [0.1, 0.15) is 20.3 Å². The topological polar surface area (TPSA) is 37.6 Å². The number of pyridine rings is 1. The van der Waals surface area contributed by atoms with Gasteiger partial charge in [-0.25, -0.2) is 4.98 Å². The largest absolute Gasteiger partial charge is 0.341 e. The molecule has 2 aromatic heterocycles. The Morgan fingerprint density at radius 3 is 2.86 bits per heavy atom. The molecule has 4 nitrogen and oxygen atoms in total. The number of likely N-dealkylation sites (tertiary alicyclic amines) is 1. The lowest BCUT2D eigenvalue weighted by Gasteiger charge is -2.34. The van der Waals surface area contributed by atoms with Crippen molar-refractivity contribution in [3.05, 3.63) is 30.6 Å². The average Bonchev–Trinajstić information content (AvgIpc) is 2.87. The van der Waals surface area contributed by atoms with Gasteiger partial charge in [0.05, 0.1) is 17.5 Å². The van der Waals surface area contributed by atoms with E-state index in [1.807, 2.05) is 39.9 Å². The van der Waals surface area contributed by atoms with Crippen LogP contribution in [0.2, 0.25) is 0 Å². The summed E-state index contributed by atoms with van der Waals surface area (Å²) in [4.78, 5) is 18.8. The van der Waals surface area contributed by atoms with E-state index in [9.17, 15) is 4.79 Å². The van der Waals surface area contributed by atoms with E-state index < -0.39 is 0 Å². The summed E-state index contributed by atoms with van der Waals surface area (Å²) in [5.74, 6) is 1.91. The predicted octanol–water partition coefficient (Wildman–Crippen LogP) is 2.93. The third kappa shape index (κ3) is 3.23. The molecule has 0 spiro atoms. The lowest BCUT2D eigenvalue weighted by atomic mass is 9.92. The number of imidazole rings is 1. The third-order valence-electron chi connectivity index (χ3n) is 3.95. The Bertz CT molecular complexity index is 629. The van der Waals surface area contributed by atoms with E-state index >= 15 is 0 Å². The monoisotopic (exact) mass is 303 g/mol. The highest BCUT2D eigenvalue weighted by atomic mass is 32.2. The van der Waals surface area contributed by atoms with Gasteiger partial charge in [-0.3, -0.25) is 9.20 Å². The molecule has 1 saturated heterocycles. The zero-order chi connectivity index (χ0) is 14.8. The van der Waals surface area contributed by atoms with Crippen molar-refractivity contribution >= 4 is 23.2 Å². The van der Waals surface area contributed by atoms with Gasteiger partial charge in [-0.2, -0.15) is 0 Å². The molecule has 3 rings (SSSR count). The average molecular weight is 303 g/mol. The highest BCUT2D eigenvalue weighted by molar-refractivity contribution is 7.99. The zero-order valence-electron chi connectivity index (χ0n) is 12.5. The highest BCUT2D eigenvalue weighted by Crippen LogP contribution is 2.23. The van der Waals surface area contributed by atoms with Gasteiger partial charge in [-0.1, -0.05) is 31.7 Å². The number of rotatable bonds is 3. The summed E-state index contributed by atoms with van der Waals surface area (Å²) in [7, 11) is 0. The van der Waals surface area contributed by atoms with Gasteiger partial charge in [0, 0.05) is 19.3 Å². The smallest absolute Gasteiger partial charge is 0.233 e. The fourth-order valence-corrected chi connectivity index (χ4v) is 3.98. The van der Waals surface area contributed by atoms with Gasteiger partial charge in [0.2, 0.25) is 5.91 Å². The highest BCUT2D eigenvalue weighted by Gasteiger charge is 2.25. The Morgan fingerprint density at radius 1 is 1.33 bits per heavy atom. The summed E-state index contributed by atoms with van der Waals surface area (Å²) in [5.41, 5.74) is 1.06. The van der Waals surface area contributed by atoms with Crippen LogP contribution < -0.4 is 0 Å². The van der Waals surface area contributed by atoms with Crippen LogP contribution in [0.4, 0.5) is 0 Å². The quantitative estimate of drug-likeness (QED) is 0.818. The second kappa shape index (κ2) is 6.10. The van der Waals surface area contributed by atoms with Crippen molar-refractivity contribution in [2.75, 3.05) is 18.8 Å². The summed E-state index contributed by atoms with van der Waals surface area (Å²) >= 11 is 1.52. The fourth-order valence-electron chi connectivity index (χ4n) is 3.11. The first-order chi connectivity index (χ1) is 10.1. The van der Waals surface area contributed by atoms with Gasteiger partial charge < -0.3 is 4.90 Å². The standard InChI is InChI=1S/C16H21N3OS/c1-12-7-13(2)10-18(9-12)15(20)11-21-16-17-8-14-5-3-4-6-19(14)16/h3-6,8,12-13H,7,9-11H2,1-2H3/t12-,13+. The van der Waals surface area contributed by atoms with Crippen LogP contribution >= 0.6 is 11.8 Å². The van der Waals surface area contributed by atoms with Crippen LogP contribution in [0.15, 0.2) is 35.7 Å². The maximum atomic E-state index is 12.4. The molecule has 3 heterocycles. The molecule has 1 fully saturated rings. The van der Waals surface area contributed by atoms with Crippen LogP contribution in [-0.4, -0.2) is 39.0 Å². The summed E-state index contributed by atoms with van der Waals surface area (Å²) in [6, 6.07) is 5.99. The predicted molar refractivity (Wildman–Crippen MR) is 85.4 cm³/mol. The zero-order valence-corrected chi connectivity index (χ0v) is 13.3. The van der Waals surface area contributed by atoms with Crippen LogP contribution in [-0.2, 0) is 4.79 Å². The molecule has 112 valence electrons. The molecule has 0 aromatic carbocycles. The van der Waals surface area contributed by atoms with Crippen molar-refractivity contribution in [1.82, 2.24) is 14.3 Å². The van der Waals surface area contributed by atoms with Gasteiger partial charge in [0.15, 0.2) is 5.16 Å². The normalized spacial score (nSPS) is 22.7. The van der Waals surface area contributed by atoms with Crippen molar-refractivity contribution in [2.24, 2.45) is 11.8 Å². The number of carbonyl (C=O) groups is 1. The Kier molecular flexibility index (Phi) is 4.19. The van der Waals surface area contributed by atoms with Crippen molar-refractivity contribution in [3.8, 4) is 0 Å². The summed E-state index contributed by atoms with van der Waals surface area (Å²) < 4.78 is 2.03. The summed E-state index contributed by atoms with van der Waals surface area (Å²) in [6.07, 6.45) is 5.06. The first kappa shape index (κ1) is 14.4. The number of aromatic nitrogens is 2. The number of amides is 1. The first-order valence-electron chi connectivity index (χ1n) is 7.46. The molecule has 1 aliphatic heterocycles. The summed E-state index contributed by atoms with van der Waals surface area (Å²) in [5, 5.41) is 0.886. The molecular weight excluding hydrogens is 282 g/mol. The molecule has 2 atom stereocenters. The van der Waals surface area contributed by atoms with Crippen molar-refractivity contribution in [2.45, 2.75) is 25.4 Å². The molecule has 21 heavy (non-hydrogen) atoms. The SMILES string of the molecule is C[C@@H]1C[C@H](C)CN(C(=O)CSc2ncc3ccccn23)C1. The molecule has 0 aliphatic carbocycles. The maximum absolute atomic E-state index is 12.4. The molecular formula is C16H21N3OS. The Balaban J connectivity index is 1.63. The lowest BCUT2D eigenvalue weighted by Crippen LogP contribution is -2.43. The van der Waals surface area contributed by atoms with Gasteiger partial charge in [0.1, 0.15) is 0 Å². The summed E-state index contributed by atoms with van der Waals surface area (Å²) in [6.45, 7) is 6.24. The van der Waals surface area contributed by atoms with Crippen LogP contribution in [0.3, 0.4) is 0 Å². The van der Waals surface area contributed by atoms with Crippen molar-refractivity contribution in [3.63, 3.8) is 0 Å². The first-order valence-corrected chi connectivity index (χ1v) is 8.44. The second-order valence-corrected chi connectivity index (χ2v) is 7.01. The number of fused-ring (bicyclic) bond motifs is 1. The lowest BCUT2D eigenvalue weighted by molar-refractivity contribution is -0.130. The number of piperidine rings is 1.